The summed E-state index contributed by atoms with van der Waals surface area (Å²) < 4.78 is 0. The molecule has 0 amide bonds. The molecule has 0 saturated carbocycles. The Balaban J connectivity index is 1.36. The quantitative estimate of drug-likeness (QED) is 0.698. The molecule has 5 rings (SSSR count). The number of hydrogen-bond acceptors (Lipinski definition) is 7. The van der Waals surface area contributed by atoms with Crippen molar-refractivity contribution in [2.75, 3.05) is 54.0 Å². The molecule has 2 aliphatic heterocycles. The van der Waals surface area contributed by atoms with Gasteiger partial charge in [-0.2, -0.15) is 0 Å². The third-order valence-electron chi connectivity index (χ3n) is 6.06. The second-order valence-corrected chi connectivity index (χ2v) is 8.13. The minimum Gasteiger partial charge on any atom is -0.368 e. The lowest BCUT2D eigenvalue weighted by Crippen LogP contribution is -2.47. The van der Waals surface area contributed by atoms with Crippen molar-refractivity contribution in [3.63, 3.8) is 0 Å². The van der Waals surface area contributed by atoms with Gasteiger partial charge in [0.2, 0.25) is 11.9 Å². The number of hydrogen-bond donors (Lipinski definition) is 1. The van der Waals surface area contributed by atoms with Gasteiger partial charge in [0.25, 0.3) is 5.56 Å². The van der Waals surface area contributed by atoms with Gasteiger partial charge in [0, 0.05) is 62.8 Å². The number of aryl methyl sites for hydroxylation is 1. The van der Waals surface area contributed by atoms with Gasteiger partial charge in [-0.1, -0.05) is 18.2 Å². The van der Waals surface area contributed by atoms with Crippen LogP contribution in [0.25, 0.3) is 11.3 Å². The zero-order chi connectivity index (χ0) is 21.2. The lowest BCUT2D eigenvalue weighted by Gasteiger charge is -2.36. The van der Waals surface area contributed by atoms with Crippen LogP contribution in [0.5, 0.6) is 0 Å². The van der Waals surface area contributed by atoms with Gasteiger partial charge in [-0.25, -0.2) is 15.0 Å². The minimum atomic E-state index is -0.159. The lowest BCUT2D eigenvalue weighted by atomic mass is 10.1. The fourth-order valence-corrected chi connectivity index (χ4v) is 4.32. The lowest BCUT2D eigenvalue weighted by molar-refractivity contribution is 0.639. The van der Waals surface area contributed by atoms with Crippen LogP contribution >= 0.6 is 0 Å². The Hall–Kier alpha value is -3.42. The first-order valence-electron chi connectivity index (χ1n) is 10.9. The molecule has 4 heterocycles. The largest absolute Gasteiger partial charge is 0.368 e. The third kappa shape index (κ3) is 4.10. The molecule has 0 unspecified atom stereocenters. The highest BCUT2D eigenvalue weighted by Gasteiger charge is 2.21. The first-order chi connectivity index (χ1) is 15.2. The second-order valence-electron chi connectivity index (χ2n) is 8.13. The number of anilines is 3. The molecule has 0 atom stereocenters. The molecule has 2 saturated heterocycles. The van der Waals surface area contributed by atoms with E-state index in [4.69, 9.17) is 4.98 Å². The topological polar surface area (TPSA) is 81.2 Å². The van der Waals surface area contributed by atoms with Crippen molar-refractivity contribution in [3.8, 4) is 11.3 Å². The van der Waals surface area contributed by atoms with E-state index in [0.29, 0.717) is 11.6 Å². The van der Waals surface area contributed by atoms with Crippen molar-refractivity contribution in [1.82, 2.24) is 19.9 Å². The summed E-state index contributed by atoms with van der Waals surface area (Å²) in [6.07, 6.45) is 4.16. The molecule has 2 fully saturated rings. The Morgan fingerprint density at radius 1 is 0.871 bits per heavy atom. The van der Waals surface area contributed by atoms with E-state index in [1.54, 1.807) is 6.20 Å². The zero-order valence-corrected chi connectivity index (χ0v) is 17.8. The molecule has 2 aliphatic rings. The van der Waals surface area contributed by atoms with Gasteiger partial charge in [0.1, 0.15) is 0 Å². The van der Waals surface area contributed by atoms with Crippen LogP contribution < -0.4 is 20.3 Å². The molecule has 2 aromatic heterocycles. The molecule has 1 N–H and O–H groups in total. The maximum absolute atomic E-state index is 12.4. The molecule has 160 valence electrons. The van der Waals surface area contributed by atoms with Gasteiger partial charge in [-0.3, -0.25) is 9.78 Å². The Labute approximate surface area is 181 Å². The van der Waals surface area contributed by atoms with E-state index in [1.807, 2.05) is 13.0 Å². The number of rotatable bonds is 4. The van der Waals surface area contributed by atoms with Crippen LogP contribution in [0.4, 0.5) is 17.6 Å². The standard InChI is InChI=1S/C23H27N7O/c1-17-19(16-24-22(25-17)29-9-5-6-10-29)20-15-21(31)27-23(26-20)30-13-11-28(12-14-30)18-7-3-2-4-8-18/h2-4,7-8,15-16H,5-6,9-14H2,1H3,(H,26,27,31). The van der Waals surface area contributed by atoms with E-state index in [-0.39, 0.29) is 5.56 Å². The Morgan fingerprint density at radius 2 is 1.58 bits per heavy atom. The van der Waals surface area contributed by atoms with Gasteiger partial charge in [0.05, 0.1) is 11.4 Å². The number of aromatic nitrogens is 4. The van der Waals surface area contributed by atoms with Crippen molar-refractivity contribution < 1.29 is 0 Å². The summed E-state index contributed by atoms with van der Waals surface area (Å²) in [5.74, 6) is 1.37. The van der Waals surface area contributed by atoms with Crippen molar-refractivity contribution >= 4 is 17.6 Å². The van der Waals surface area contributed by atoms with Crippen LogP contribution in [0.3, 0.4) is 0 Å². The predicted octanol–water partition coefficient (Wildman–Crippen LogP) is 2.46. The van der Waals surface area contributed by atoms with Crippen molar-refractivity contribution in [1.29, 1.82) is 0 Å². The number of aromatic amines is 1. The maximum Gasteiger partial charge on any atom is 0.252 e. The highest BCUT2D eigenvalue weighted by molar-refractivity contribution is 5.63. The van der Waals surface area contributed by atoms with Crippen LogP contribution in [0.15, 0.2) is 47.4 Å². The van der Waals surface area contributed by atoms with Crippen LogP contribution in [0.2, 0.25) is 0 Å². The van der Waals surface area contributed by atoms with E-state index >= 15 is 0 Å². The number of piperazine rings is 1. The molecule has 8 nitrogen and oxygen atoms in total. The van der Waals surface area contributed by atoms with Gasteiger partial charge >= 0.3 is 0 Å². The molecule has 0 aliphatic carbocycles. The van der Waals surface area contributed by atoms with Gasteiger partial charge in [0.15, 0.2) is 0 Å². The molecule has 8 heteroatoms. The molecule has 0 bridgehead atoms. The SMILES string of the molecule is Cc1nc(N2CCCC2)ncc1-c1cc(=O)[nH]c(N2CCN(c3ccccc3)CC2)n1. The summed E-state index contributed by atoms with van der Waals surface area (Å²) >= 11 is 0. The number of para-hydroxylation sites is 1. The fourth-order valence-electron chi connectivity index (χ4n) is 4.32. The molecule has 31 heavy (non-hydrogen) atoms. The smallest absolute Gasteiger partial charge is 0.252 e. The molecule has 0 spiro atoms. The summed E-state index contributed by atoms with van der Waals surface area (Å²) in [6.45, 7) is 7.31. The van der Waals surface area contributed by atoms with E-state index in [9.17, 15) is 4.79 Å². The Morgan fingerprint density at radius 3 is 2.29 bits per heavy atom. The normalized spacial score (nSPS) is 16.7. The van der Waals surface area contributed by atoms with E-state index in [1.165, 1.54) is 24.6 Å². The Bertz CT molecular complexity index is 1100. The number of H-pyrrole nitrogens is 1. The first-order valence-corrected chi connectivity index (χ1v) is 10.9. The Kier molecular flexibility index (Phi) is 5.28. The highest BCUT2D eigenvalue weighted by atomic mass is 16.1. The summed E-state index contributed by atoms with van der Waals surface area (Å²) in [6, 6.07) is 11.9. The third-order valence-corrected chi connectivity index (χ3v) is 6.06. The summed E-state index contributed by atoms with van der Waals surface area (Å²) in [7, 11) is 0. The second kappa shape index (κ2) is 8.37. The number of nitrogens with zero attached hydrogens (tertiary/aromatic N) is 6. The van der Waals surface area contributed by atoms with Crippen LogP contribution in [0.1, 0.15) is 18.5 Å². The minimum absolute atomic E-state index is 0.159. The van der Waals surface area contributed by atoms with Crippen molar-refractivity contribution in [2.24, 2.45) is 0 Å². The summed E-state index contributed by atoms with van der Waals surface area (Å²) in [5, 5.41) is 0. The van der Waals surface area contributed by atoms with Gasteiger partial charge in [-0.05, 0) is 31.9 Å². The van der Waals surface area contributed by atoms with E-state index in [0.717, 1.165) is 56.5 Å². The van der Waals surface area contributed by atoms with Crippen molar-refractivity contribution in [3.05, 3.63) is 58.6 Å². The van der Waals surface area contributed by atoms with Crippen molar-refractivity contribution in [2.45, 2.75) is 19.8 Å². The number of nitrogens with one attached hydrogen (secondary N) is 1. The van der Waals surface area contributed by atoms with Gasteiger partial charge in [-0.15, -0.1) is 0 Å². The van der Waals surface area contributed by atoms with E-state index in [2.05, 4.69) is 53.9 Å². The number of benzene rings is 1. The maximum atomic E-state index is 12.4. The monoisotopic (exact) mass is 417 g/mol. The summed E-state index contributed by atoms with van der Waals surface area (Å²) in [5.41, 5.74) is 3.33. The fraction of sp³-hybridized carbons (Fsp3) is 0.391. The average Bonchev–Trinajstić information content (AvgIpc) is 3.34. The van der Waals surface area contributed by atoms with Crippen LogP contribution in [0, 0.1) is 6.92 Å². The van der Waals surface area contributed by atoms with E-state index < -0.39 is 0 Å². The molecule has 0 radical (unpaired) electrons. The van der Waals surface area contributed by atoms with Crippen LogP contribution in [-0.4, -0.2) is 59.2 Å². The van der Waals surface area contributed by atoms with Gasteiger partial charge < -0.3 is 14.7 Å². The highest BCUT2D eigenvalue weighted by Crippen LogP contribution is 2.24. The average molecular weight is 418 g/mol. The molecular weight excluding hydrogens is 390 g/mol. The summed E-state index contributed by atoms with van der Waals surface area (Å²) in [4.78, 5) is 36.0. The molecular formula is C23H27N7O. The zero-order valence-electron chi connectivity index (χ0n) is 17.8. The molecule has 3 aromatic rings. The van der Waals surface area contributed by atoms with Crippen LogP contribution in [-0.2, 0) is 0 Å². The molecule has 1 aromatic carbocycles. The predicted molar refractivity (Wildman–Crippen MR) is 123 cm³/mol. The first kappa shape index (κ1) is 19.5.